The lowest BCUT2D eigenvalue weighted by molar-refractivity contribution is -0.131. The number of para-hydroxylation sites is 1. The molecule has 1 aromatic carbocycles. The molecule has 1 saturated heterocycles. The lowest BCUT2D eigenvalue weighted by Gasteiger charge is -2.36. The van der Waals surface area contributed by atoms with Gasteiger partial charge in [-0.25, -0.2) is 0 Å². The second-order valence-electron chi connectivity index (χ2n) is 7.27. The summed E-state index contributed by atoms with van der Waals surface area (Å²) in [4.78, 5) is 20.9. The number of carbonyl (C=O) groups excluding carboxylic acids is 1. The molecule has 0 atom stereocenters. The Bertz CT molecular complexity index is 610. The fourth-order valence-electron chi connectivity index (χ4n) is 2.89. The molecule has 1 aliphatic heterocycles. The second-order valence-corrected chi connectivity index (χ2v) is 7.27. The highest BCUT2D eigenvalue weighted by molar-refractivity contribution is 5.81. The molecule has 0 saturated carbocycles. The minimum Gasteiger partial charge on any atom is -0.377 e. The van der Waals surface area contributed by atoms with Crippen molar-refractivity contribution in [1.82, 2.24) is 15.5 Å². The van der Waals surface area contributed by atoms with Crippen molar-refractivity contribution in [2.24, 2.45) is 4.99 Å². The van der Waals surface area contributed by atoms with Gasteiger partial charge in [0.1, 0.15) is 0 Å². The van der Waals surface area contributed by atoms with E-state index in [-0.39, 0.29) is 11.5 Å². The van der Waals surface area contributed by atoms with Gasteiger partial charge in [0.05, 0.1) is 5.60 Å². The third-order valence-electron chi connectivity index (χ3n) is 4.84. The molecule has 7 heteroatoms. The summed E-state index contributed by atoms with van der Waals surface area (Å²) in [5.74, 6) is 0.865. The standard InChI is InChI=1S/C20H33N5O2/c1-20(2,27-4)16-23-19(21-3)22-11-10-18(26)25-14-12-24(13-15-25)17-8-6-5-7-9-17/h5-9H,10-16H2,1-4H3,(H2,21,22,23). The molecule has 0 aliphatic carbocycles. The fourth-order valence-corrected chi connectivity index (χ4v) is 2.89. The first-order valence-corrected chi connectivity index (χ1v) is 9.52. The minimum absolute atomic E-state index is 0.183. The van der Waals surface area contributed by atoms with E-state index in [0.29, 0.717) is 25.5 Å². The lowest BCUT2D eigenvalue weighted by Crippen LogP contribution is -2.50. The first-order chi connectivity index (χ1) is 12.9. The molecule has 0 aromatic heterocycles. The summed E-state index contributed by atoms with van der Waals surface area (Å²) in [7, 11) is 3.41. The van der Waals surface area contributed by atoms with Crippen LogP contribution in [-0.4, -0.2) is 75.8 Å². The lowest BCUT2D eigenvalue weighted by atomic mass is 10.1. The van der Waals surface area contributed by atoms with Gasteiger partial charge < -0.3 is 25.2 Å². The van der Waals surface area contributed by atoms with Crippen molar-refractivity contribution in [3.8, 4) is 0 Å². The Kier molecular flexibility index (Phi) is 7.91. The van der Waals surface area contributed by atoms with E-state index in [9.17, 15) is 4.79 Å². The van der Waals surface area contributed by atoms with E-state index in [2.05, 4.69) is 32.7 Å². The summed E-state index contributed by atoms with van der Waals surface area (Å²) in [6.07, 6.45) is 0.458. The van der Waals surface area contributed by atoms with E-state index in [4.69, 9.17) is 4.74 Å². The van der Waals surface area contributed by atoms with Crippen LogP contribution in [0.25, 0.3) is 0 Å². The topological polar surface area (TPSA) is 69.2 Å². The van der Waals surface area contributed by atoms with E-state index in [0.717, 1.165) is 26.2 Å². The second kappa shape index (κ2) is 10.2. The zero-order valence-corrected chi connectivity index (χ0v) is 17.0. The number of ether oxygens (including phenoxy) is 1. The summed E-state index contributed by atoms with van der Waals surface area (Å²) in [5, 5.41) is 6.42. The van der Waals surface area contributed by atoms with Crippen molar-refractivity contribution in [3.63, 3.8) is 0 Å². The average molecular weight is 376 g/mol. The third-order valence-corrected chi connectivity index (χ3v) is 4.84. The van der Waals surface area contributed by atoms with Crippen LogP contribution in [-0.2, 0) is 9.53 Å². The largest absolute Gasteiger partial charge is 0.377 e. The number of hydrogen-bond acceptors (Lipinski definition) is 4. The number of guanidine groups is 1. The highest BCUT2D eigenvalue weighted by atomic mass is 16.5. The van der Waals surface area contributed by atoms with Gasteiger partial charge in [0.15, 0.2) is 5.96 Å². The maximum absolute atomic E-state index is 12.5. The molecule has 7 nitrogen and oxygen atoms in total. The number of benzene rings is 1. The van der Waals surface area contributed by atoms with Gasteiger partial charge in [-0.15, -0.1) is 0 Å². The Labute approximate surface area is 162 Å². The van der Waals surface area contributed by atoms with Gasteiger partial charge >= 0.3 is 0 Å². The fraction of sp³-hybridized carbons (Fsp3) is 0.600. The molecule has 0 bridgehead atoms. The Balaban J connectivity index is 1.69. The quantitative estimate of drug-likeness (QED) is 0.556. The van der Waals surface area contributed by atoms with Crippen LogP contribution in [0.4, 0.5) is 5.69 Å². The minimum atomic E-state index is -0.272. The van der Waals surface area contributed by atoms with Crippen molar-refractivity contribution in [1.29, 1.82) is 0 Å². The van der Waals surface area contributed by atoms with Gasteiger partial charge in [-0.1, -0.05) is 18.2 Å². The smallest absolute Gasteiger partial charge is 0.224 e. The molecule has 0 unspecified atom stereocenters. The summed E-state index contributed by atoms with van der Waals surface area (Å²) in [6, 6.07) is 10.4. The first-order valence-electron chi connectivity index (χ1n) is 9.52. The number of piperazine rings is 1. The molecule has 1 fully saturated rings. The Hall–Kier alpha value is -2.28. The van der Waals surface area contributed by atoms with Gasteiger partial charge in [-0.05, 0) is 26.0 Å². The predicted octanol–water partition coefficient (Wildman–Crippen LogP) is 1.32. The molecule has 1 aromatic rings. The average Bonchev–Trinajstić information content (AvgIpc) is 2.71. The maximum atomic E-state index is 12.5. The third kappa shape index (κ3) is 6.75. The summed E-state index contributed by atoms with van der Waals surface area (Å²) >= 11 is 0. The molecular formula is C20H33N5O2. The maximum Gasteiger partial charge on any atom is 0.224 e. The van der Waals surface area contributed by atoms with Crippen LogP contribution in [0.15, 0.2) is 35.3 Å². The molecule has 1 heterocycles. The zero-order valence-electron chi connectivity index (χ0n) is 17.0. The number of amides is 1. The summed E-state index contributed by atoms with van der Waals surface area (Å²) < 4.78 is 5.39. The molecule has 27 heavy (non-hydrogen) atoms. The number of methoxy groups -OCH3 is 1. The molecule has 2 N–H and O–H groups in total. The van der Waals surface area contributed by atoms with Gasteiger partial charge in [-0.3, -0.25) is 9.79 Å². The van der Waals surface area contributed by atoms with Crippen LogP contribution < -0.4 is 15.5 Å². The van der Waals surface area contributed by atoms with Crippen molar-refractivity contribution in [3.05, 3.63) is 30.3 Å². The van der Waals surface area contributed by atoms with Crippen LogP contribution in [0.3, 0.4) is 0 Å². The number of nitrogens with one attached hydrogen (secondary N) is 2. The van der Waals surface area contributed by atoms with Crippen molar-refractivity contribution in [2.75, 3.05) is 58.3 Å². The van der Waals surface area contributed by atoms with Crippen LogP contribution in [0.1, 0.15) is 20.3 Å². The number of anilines is 1. The van der Waals surface area contributed by atoms with E-state index < -0.39 is 0 Å². The number of nitrogens with zero attached hydrogens (tertiary/aromatic N) is 3. The summed E-state index contributed by atoms with van der Waals surface area (Å²) in [5.41, 5.74) is 0.950. The predicted molar refractivity (Wildman–Crippen MR) is 110 cm³/mol. The SMILES string of the molecule is CN=C(NCCC(=O)N1CCN(c2ccccc2)CC1)NCC(C)(C)OC. The number of hydrogen-bond donors (Lipinski definition) is 2. The van der Waals surface area contributed by atoms with Crippen LogP contribution in [0, 0.1) is 0 Å². The Morgan fingerprint density at radius 1 is 1.15 bits per heavy atom. The van der Waals surface area contributed by atoms with Crippen LogP contribution in [0.5, 0.6) is 0 Å². The van der Waals surface area contributed by atoms with Crippen molar-refractivity contribution < 1.29 is 9.53 Å². The molecule has 0 spiro atoms. The highest BCUT2D eigenvalue weighted by Gasteiger charge is 2.21. The molecule has 2 rings (SSSR count). The molecule has 1 amide bonds. The monoisotopic (exact) mass is 375 g/mol. The number of rotatable bonds is 7. The summed E-state index contributed by atoms with van der Waals surface area (Å²) in [6.45, 7) is 8.49. The van der Waals surface area contributed by atoms with E-state index in [1.165, 1.54) is 5.69 Å². The normalized spacial score (nSPS) is 15.6. The van der Waals surface area contributed by atoms with Crippen molar-refractivity contribution in [2.45, 2.75) is 25.9 Å². The van der Waals surface area contributed by atoms with Crippen LogP contribution >= 0.6 is 0 Å². The van der Waals surface area contributed by atoms with Gasteiger partial charge in [0, 0.05) is 65.5 Å². The number of carbonyl (C=O) groups is 1. The highest BCUT2D eigenvalue weighted by Crippen LogP contribution is 2.15. The molecule has 1 aliphatic rings. The van der Waals surface area contributed by atoms with E-state index in [1.54, 1.807) is 14.2 Å². The zero-order chi connectivity index (χ0) is 19.7. The number of aliphatic imine (C=N–C) groups is 1. The Morgan fingerprint density at radius 3 is 2.41 bits per heavy atom. The Morgan fingerprint density at radius 2 is 1.81 bits per heavy atom. The van der Waals surface area contributed by atoms with Crippen LogP contribution in [0.2, 0.25) is 0 Å². The van der Waals surface area contributed by atoms with Crippen molar-refractivity contribution >= 4 is 17.6 Å². The van der Waals surface area contributed by atoms with Gasteiger partial charge in [0.25, 0.3) is 0 Å². The molecular weight excluding hydrogens is 342 g/mol. The van der Waals surface area contributed by atoms with E-state index in [1.807, 2.05) is 36.9 Å². The van der Waals surface area contributed by atoms with E-state index >= 15 is 0 Å². The van der Waals surface area contributed by atoms with Gasteiger partial charge in [0.2, 0.25) is 5.91 Å². The first kappa shape index (κ1) is 21.0. The molecule has 0 radical (unpaired) electrons. The molecule has 150 valence electrons. The van der Waals surface area contributed by atoms with Gasteiger partial charge in [-0.2, -0.15) is 0 Å².